The minimum Gasteiger partial charge on any atom is -0.492 e. The number of unbranched alkanes of at least 4 members (excludes halogenated alkanes) is 1. The number of aromatic nitrogens is 2. The molecule has 1 heterocycles. The molecule has 1 aromatic heterocycles. The van der Waals surface area contributed by atoms with E-state index in [1.807, 2.05) is 13.0 Å². The van der Waals surface area contributed by atoms with Crippen molar-refractivity contribution in [2.45, 2.75) is 36.0 Å². The van der Waals surface area contributed by atoms with Gasteiger partial charge in [0.1, 0.15) is 5.82 Å². The fourth-order valence-corrected chi connectivity index (χ4v) is 4.78. The number of benzene rings is 2. The molecule has 0 aliphatic rings. The standard InChI is InChI=1S/C23H20BrN3O4S/c1-3-4-8-20-26-22(28)21(32(30,31)19-11-9-18(24)10-12-19)23(29)27(20)15(2)17-7-5-6-16(13-17)14-25/h5-7,9-13,28H,2-4,8H2,1H3. The van der Waals surface area contributed by atoms with Gasteiger partial charge in [-0.05, 0) is 48.4 Å². The third kappa shape index (κ3) is 4.52. The Hall–Kier alpha value is -3.22. The quantitative estimate of drug-likeness (QED) is 0.504. The Kier molecular flexibility index (Phi) is 6.96. The molecule has 0 aliphatic heterocycles. The van der Waals surface area contributed by atoms with E-state index < -0.39 is 26.2 Å². The van der Waals surface area contributed by atoms with E-state index in [1.165, 1.54) is 24.3 Å². The van der Waals surface area contributed by atoms with Crippen molar-refractivity contribution in [1.82, 2.24) is 9.55 Å². The van der Waals surface area contributed by atoms with Crippen LogP contribution in [-0.4, -0.2) is 23.1 Å². The van der Waals surface area contributed by atoms with E-state index in [0.29, 0.717) is 28.4 Å². The third-order valence-corrected chi connectivity index (χ3v) is 7.15. The normalized spacial score (nSPS) is 11.2. The lowest BCUT2D eigenvalue weighted by molar-refractivity contribution is 0.425. The summed E-state index contributed by atoms with van der Waals surface area (Å²) < 4.78 is 28.2. The number of aryl methyl sites for hydroxylation is 1. The van der Waals surface area contributed by atoms with Gasteiger partial charge in [-0.1, -0.05) is 48.0 Å². The lowest BCUT2D eigenvalue weighted by Crippen LogP contribution is -2.30. The SMILES string of the molecule is C=C(c1cccc(C#N)c1)n1c(CCCC)nc(O)c(S(=O)(=O)c2ccc(Br)cc2)c1=O. The second-order valence-electron chi connectivity index (χ2n) is 7.02. The largest absolute Gasteiger partial charge is 0.492 e. The Balaban J connectivity index is 2.28. The van der Waals surface area contributed by atoms with Crippen LogP contribution in [0.4, 0.5) is 0 Å². The first-order valence-corrected chi connectivity index (χ1v) is 12.0. The van der Waals surface area contributed by atoms with E-state index in [-0.39, 0.29) is 16.4 Å². The zero-order valence-electron chi connectivity index (χ0n) is 17.2. The molecule has 0 bridgehead atoms. The Morgan fingerprint density at radius 2 is 1.94 bits per heavy atom. The van der Waals surface area contributed by atoms with Crippen molar-refractivity contribution in [3.63, 3.8) is 0 Å². The maximum atomic E-state index is 13.5. The van der Waals surface area contributed by atoms with Crippen molar-refractivity contribution in [3.05, 3.63) is 86.9 Å². The molecule has 0 aliphatic carbocycles. The second kappa shape index (κ2) is 9.51. The number of halogens is 1. The summed E-state index contributed by atoms with van der Waals surface area (Å²) >= 11 is 3.24. The van der Waals surface area contributed by atoms with E-state index in [4.69, 9.17) is 0 Å². The topological polar surface area (TPSA) is 113 Å². The Morgan fingerprint density at radius 3 is 2.56 bits per heavy atom. The van der Waals surface area contributed by atoms with Gasteiger partial charge in [-0.2, -0.15) is 10.2 Å². The number of hydrogen-bond acceptors (Lipinski definition) is 6. The van der Waals surface area contributed by atoms with Crippen LogP contribution in [0.3, 0.4) is 0 Å². The first-order chi connectivity index (χ1) is 15.2. The van der Waals surface area contributed by atoms with Crippen LogP contribution in [-0.2, 0) is 16.3 Å². The average molecular weight is 514 g/mol. The number of hydrogen-bond donors (Lipinski definition) is 1. The molecule has 164 valence electrons. The fraction of sp³-hybridized carbons (Fsp3) is 0.174. The summed E-state index contributed by atoms with van der Waals surface area (Å²) in [7, 11) is -4.37. The molecule has 0 spiro atoms. The molecule has 3 aromatic rings. The van der Waals surface area contributed by atoms with Crippen LogP contribution in [0.2, 0.25) is 0 Å². The summed E-state index contributed by atoms with van der Waals surface area (Å²) in [5.74, 6) is -0.657. The number of sulfone groups is 1. The summed E-state index contributed by atoms with van der Waals surface area (Å²) in [5, 5.41) is 19.7. The number of nitriles is 1. The summed E-state index contributed by atoms with van der Waals surface area (Å²) in [4.78, 5) is 16.6. The van der Waals surface area contributed by atoms with Gasteiger partial charge in [-0.15, -0.1) is 0 Å². The van der Waals surface area contributed by atoms with Crippen molar-refractivity contribution in [2.75, 3.05) is 0 Å². The maximum absolute atomic E-state index is 13.5. The number of aromatic hydroxyl groups is 1. The summed E-state index contributed by atoms with van der Waals surface area (Å²) in [6, 6.07) is 14.2. The van der Waals surface area contributed by atoms with Gasteiger partial charge < -0.3 is 5.11 Å². The zero-order valence-corrected chi connectivity index (χ0v) is 19.6. The molecule has 0 fully saturated rings. The van der Waals surface area contributed by atoms with Crippen LogP contribution < -0.4 is 5.56 Å². The van der Waals surface area contributed by atoms with Crippen LogP contribution in [0.15, 0.2) is 74.2 Å². The molecule has 0 atom stereocenters. The minimum absolute atomic E-state index is 0.153. The molecule has 7 nitrogen and oxygen atoms in total. The van der Waals surface area contributed by atoms with Gasteiger partial charge in [0.15, 0.2) is 4.90 Å². The molecule has 0 saturated heterocycles. The van der Waals surface area contributed by atoms with Gasteiger partial charge in [0.05, 0.1) is 22.2 Å². The Bertz CT molecular complexity index is 1390. The van der Waals surface area contributed by atoms with Gasteiger partial charge in [0.25, 0.3) is 5.56 Å². The van der Waals surface area contributed by atoms with Crippen molar-refractivity contribution >= 4 is 31.5 Å². The highest BCUT2D eigenvalue weighted by molar-refractivity contribution is 9.10. The highest BCUT2D eigenvalue weighted by Crippen LogP contribution is 2.27. The molecule has 32 heavy (non-hydrogen) atoms. The smallest absolute Gasteiger partial charge is 0.281 e. The van der Waals surface area contributed by atoms with Gasteiger partial charge in [-0.25, -0.2) is 8.42 Å². The van der Waals surface area contributed by atoms with Gasteiger partial charge in [0.2, 0.25) is 15.7 Å². The molecule has 0 saturated carbocycles. The predicted octanol–water partition coefficient (Wildman–Crippen LogP) is 4.28. The fourth-order valence-electron chi connectivity index (χ4n) is 3.18. The zero-order chi connectivity index (χ0) is 23.5. The maximum Gasteiger partial charge on any atom is 0.281 e. The van der Waals surface area contributed by atoms with E-state index in [1.54, 1.807) is 24.3 Å². The molecule has 0 radical (unpaired) electrons. The first-order valence-electron chi connectivity index (χ1n) is 9.76. The van der Waals surface area contributed by atoms with Gasteiger partial charge in [0, 0.05) is 10.9 Å². The van der Waals surface area contributed by atoms with Crippen LogP contribution in [0.25, 0.3) is 5.70 Å². The van der Waals surface area contributed by atoms with Gasteiger partial charge >= 0.3 is 0 Å². The van der Waals surface area contributed by atoms with Crippen LogP contribution in [0.1, 0.15) is 36.7 Å². The van der Waals surface area contributed by atoms with Crippen LogP contribution >= 0.6 is 15.9 Å². The number of rotatable bonds is 7. The van der Waals surface area contributed by atoms with E-state index in [0.717, 1.165) is 11.0 Å². The predicted molar refractivity (Wildman–Crippen MR) is 124 cm³/mol. The van der Waals surface area contributed by atoms with E-state index >= 15 is 0 Å². The third-order valence-electron chi connectivity index (χ3n) is 4.83. The van der Waals surface area contributed by atoms with Crippen LogP contribution in [0.5, 0.6) is 5.88 Å². The van der Waals surface area contributed by atoms with Gasteiger partial charge in [-0.3, -0.25) is 9.36 Å². The first kappa shape index (κ1) is 23.4. The highest BCUT2D eigenvalue weighted by Gasteiger charge is 2.30. The molecular formula is C23H20BrN3O4S. The molecule has 2 aromatic carbocycles. The van der Waals surface area contributed by atoms with Crippen molar-refractivity contribution in [2.24, 2.45) is 0 Å². The van der Waals surface area contributed by atoms with Crippen LogP contribution in [0, 0.1) is 11.3 Å². The molecule has 9 heteroatoms. The second-order valence-corrected chi connectivity index (χ2v) is 9.82. The van der Waals surface area contributed by atoms with Crippen molar-refractivity contribution < 1.29 is 13.5 Å². The average Bonchev–Trinajstić information content (AvgIpc) is 2.77. The molecule has 0 unspecified atom stereocenters. The van der Waals surface area contributed by atoms with Crippen molar-refractivity contribution in [3.8, 4) is 11.9 Å². The minimum atomic E-state index is -4.37. The van der Waals surface area contributed by atoms with Crippen molar-refractivity contribution in [1.29, 1.82) is 5.26 Å². The summed E-state index contributed by atoms with van der Waals surface area (Å²) in [6.45, 7) is 5.93. The monoisotopic (exact) mass is 513 g/mol. The summed E-state index contributed by atoms with van der Waals surface area (Å²) in [5.41, 5.74) is 0.0430. The lowest BCUT2D eigenvalue weighted by atomic mass is 10.1. The summed E-state index contributed by atoms with van der Waals surface area (Å²) in [6.07, 6.45) is 1.79. The Labute approximate surface area is 194 Å². The Morgan fingerprint density at radius 1 is 1.25 bits per heavy atom. The van der Waals surface area contributed by atoms with E-state index in [2.05, 4.69) is 27.5 Å². The highest BCUT2D eigenvalue weighted by atomic mass is 79.9. The molecule has 0 amide bonds. The molecule has 3 rings (SSSR count). The lowest BCUT2D eigenvalue weighted by Gasteiger charge is -2.17. The molecular weight excluding hydrogens is 494 g/mol. The van der Waals surface area contributed by atoms with E-state index in [9.17, 15) is 23.6 Å². The molecule has 1 N–H and O–H groups in total. The number of nitrogens with zero attached hydrogens (tertiary/aromatic N) is 3.